The van der Waals surface area contributed by atoms with Gasteiger partial charge in [0.1, 0.15) is 11.3 Å². The van der Waals surface area contributed by atoms with Gasteiger partial charge in [0.2, 0.25) is 0 Å². The largest absolute Gasteiger partial charge is 0.478 e. The summed E-state index contributed by atoms with van der Waals surface area (Å²) < 4.78 is 5.31. The smallest absolute Gasteiger partial charge is 0.339 e. The second kappa shape index (κ2) is 7.83. The zero-order valence-corrected chi connectivity index (χ0v) is 13.5. The van der Waals surface area contributed by atoms with Crippen LogP contribution in [0.25, 0.3) is 0 Å². The Morgan fingerprint density at radius 2 is 1.96 bits per heavy atom. The van der Waals surface area contributed by atoms with Crippen LogP contribution < -0.4 is 5.32 Å². The van der Waals surface area contributed by atoms with E-state index in [1.165, 1.54) is 6.07 Å². The molecule has 0 atom stereocenters. The molecule has 2 N–H and O–H groups in total. The topological polar surface area (TPSA) is 79.5 Å². The Kier molecular flexibility index (Phi) is 5.82. The van der Waals surface area contributed by atoms with Gasteiger partial charge in [-0.3, -0.25) is 4.79 Å². The van der Waals surface area contributed by atoms with Crippen LogP contribution in [-0.2, 0) is 12.8 Å². The molecule has 0 saturated heterocycles. The van der Waals surface area contributed by atoms with Crippen LogP contribution in [-0.4, -0.2) is 23.5 Å². The van der Waals surface area contributed by atoms with Crippen molar-refractivity contribution in [3.63, 3.8) is 0 Å². The third kappa shape index (κ3) is 4.60. The van der Waals surface area contributed by atoms with Gasteiger partial charge in [-0.15, -0.1) is 0 Å². The number of carboxylic acid groups (broad SMARTS) is 1. The average Bonchev–Trinajstić information content (AvgIpc) is 2.97. The highest BCUT2D eigenvalue weighted by Crippen LogP contribution is 2.16. The average molecular weight is 336 g/mol. The Bertz CT molecular complexity index is 691. The summed E-state index contributed by atoms with van der Waals surface area (Å²) in [6.07, 6.45) is 2.00. The third-order valence-electron chi connectivity index (χ3n) is 3.43. The summed E-state index contributed by atoms with van der Waals surface area (Å²) in [5, 5.41) is 12.5. The summed E-state index contributed by atoms with van der Waals surface area (Å²) in [5.74, 6) is -1.15. The monoisotopic (exact) mass is 335 g/mol. The number of furan rings is 1. The first-order valence-electron chi connectivity index (χ1n) is 7.40. The van der Waals surface area contributed by atoms with Crippen LogP contribution >= 0.6 is 11.6 Å². The molecule has 1 amide bonds. The standard InChI is InChI=1S/C17H18ClNO4/c1-2-14-13(17(21)22)10-15(23-14)16(20)19-9-3-4-11-5-7-12(18)8-6-11/h5-8,10H,2-4,9H2,1H3,(H,19,20)(H,21,22). The molecule has 0 bridgehead atoms. The van der Waals surface area contributed by atoms with Crippen LogP contribution in [0.4, 0.5) is 0 Å². The predicted octanol–water partition coefficient (Wildman–Crippen LogP) is 3.56. The maximum atomic E-state index is 12.0. The van der Waals surface area contributed by atoms with Gasteiger partial charge in [0, 0.05) is 24.1 Å². The Hall–Kier alpha value is -2.27. The summed E-state index contributed by atoms with van der Waals surface area (Å²) in [6, 6.07) is 8.83. The third-order valence-corrected chi connectivity index (χ3v) is 3.68. The summed E-state index contributed by atoms with van der Waals surface area (Å²) in [5.41, 5.74) is 1.18. The molecular formula is C17H18ClNO4. The van der Waals surface area contributed by atoms with Crippen LogP contribution in [0.15, 0.2) is 34.7 Å². The number of carboxylic acids is 1. The Morgan fingerprint density at radius 1 is 1.26 bits per heavy atom. The lowest BCUT2D eigenvalue weighted by Gasteiger charge is -2.04. The van der Waals surface area contributed by atoms with Gasteiger partial charge in [0.05, 0.1) is 0 Å². The Morgan fingerprint density at radius 3 is 2.52 bits per heavy atom. The molecule has 0 aliphatic rings. The van der Waals surface area contributed by atoms with E-state index < -0.39 is 11.9 Å². The fourth-order valence-corrected chi connectivity index (χ4v) is 2.34. The highest BCUT2D eigenvalue weighted by atomic mass is 35.5. The number of aryl methyl sites for hydroxylation is 2. The zero-order chi connectivity index (χ0) is 16.8. The van der Waals surface area contributed by atoms with Crippen molar-refractivity contribution in [2.24, 2.45) is 0 Å². The molecule has 1 aromatic heterocycles. The van der Waals surface area contributed by atoms with Crippen LogP contribution in [0.3, 0.4) is 0 Å². The highest BCUT2D eigenvalue weighted by Gasteiger charge is 2.19. The van der Waals surface area contributed by atoms with Crippen molar-refractivity contribution in [3.05, 3.63) is 58.0 Å². The van der Waals surface area contributed by atoms with E-state index in [1.54, 1.807) is 6.92 Å². The second-order valence-electron chi connectivity index (χ2n) is 5.09. The SMILES string of the molecule is CCc1oc(C(=O)NCCCc2ccc(Cl)cc2)cc1C(=O)O. The summed E-state index contributed by atoms with van der Waals surface area (Å²) in [7, 11) is 0. The summed E-state index contributed by atoms with van der Waals surface area (Å²) in [6.45, 7) is 2.26. The van der Waals surface area contributed by atoms with Gasteiger partial charge in [-0.2, -0.15) is 0 Å². The van der Waals surface area contributed by atoms with Crippen molar-refractivity contribution >= 4 is 23.5 Å². The van der Waals surface area contributed by atoms with Gasteiger partial charge in [-0.25, -0.2) is 4.79 Å². The number of halogens is 1. The predicted molar refractivity (Wildman–Crippen MR) is 87.2 cm³/mol. The number of nitrogens with one attached hydrogen (secondary N) is 1. The molecule has 1 aromatic carbocycles. The highest BCUT2D eigenvalue weighted by molar-refractivity contribution is 6.30. The fourth-order valence-electron chi connectivity index (χ4n) is 2.22. The first kappa shape index (κ1) is 17.1. The van der Waals surface area contributed by atoms with Gasteiger partial charge in [0.15, 0.2) is 5.76 Å². The molecule has 0 fully saturated rings. The molecular weight excluding hydrogens is 318 g/mol. The molecule has 1 heterocycles. The Balaban J connectivity index is 1.85. The van der Waals surface area contributed by atoms with Gasteiger partial charge in [-0.1, -0.05) is 30.7 Å². The normalized spacial score (nSPS) is 10.5. The van der Waals surface area contributed by atoms with Crippen LogP contribution in [0.5, 0.6) is 0 Å². The minimum atomic E-state index is -1.09. The maximum absolute atomic E-state index is 12.0. The van der Waals surface area contributed by atoms with Crippen molar-refractivity contribution in [2.75, 3.05) is 6.54 Å². The number of hydrogen-bond donors (Lipinski definition) is 2. The van der Waals surface area contributed by atoms with E-state index in [9.17, 15) is 9.59 Å². The van der Waals surface area contributed by atoms with E-state index in [1.807, 2.05) is 24.3 Å². The van der Waals surface area contributed by atoms with E-state index in [4.69, 9.17) is 21.1 Å². The molecule has 0 saturated carbocycles. The number of carbonyl (C=O) groups is 2. The lowest BCUT2D eigenvalue weighted by Crippen LogP contribution is -2.24. The molecule has 122 valence electrons. The first-order valence-corrected chi connectivity index (χ1v) is 7.77. The molecule has 6 heteroatoms. The quantitative estimate of drug-likeness (QED) is 0.758. The van der Waals surface area contributed by atoms with Gasteiger partial charge < -0.3 is 14.8 Å². The first-order chi connectivity index (χ1) is 11.0. The molecule has 0 spiro atoms. The summed E-state index contributed by atoms with van der Waals surface area (Å²) >= 11 is 5.82. The molecule has 0 radical (unpaired) electrons. The molecule has 0 aliphatic carbocycles. The number of benzene rings is 1. The lowest BCUT2D eigenvalue weighted by molar-refractivity contribution is 0.0694. The minimum Gasteiger partial charge on any atom is -0.478 e. The molecule has 23 heavy (non-hydrogen) atoms. The van der Waals surface area contributed by atoms with Gasteiger partial charge >= 0.3 is 5.97 Å². The van der Waals surface area contributed by atoms with E-state index in [-0.39, 0.29) is 11.3 Å². The van der Waals surface area contributed by atoms with E-state index in [0.29, 0.717) is 23.7 Å². The fraction of sp³-hybridized carbons (Fsp3) is 0.294. The zero-order valence-electron chi connectivity index (χ0n) is 12.8. The second-order valence-corrected chi connectivity index (χ2v) is 5.53. The number of carbonyl (C=O) groups excluding carboxylic acids is 1. The van der Waals surface area contributed by atoms with Crippen molar-refractivity contribution in [2.45, 2.75) is 26.2 Å². The summed E-state index contributed by atoms with van der Waals surface area (Å²) in [4.78, 5) is 23.0. The molecule has 2 aromatic rings. The van der Waals surface area contributed by atoms with Gasteiger partial charge in [-0.05, 0) is 30.5 Å². The van der Waals surface area contributed by atoms with E-state index in [0.717, 1.165) is 18.4 Å². The van der Waals surface area contributed by atoms with Crippen LogP contribution in [0.1, 0.15) is 45.6 Å². The molecule has 5 nitrogen and oxygen atoms in total. The van der Waals surface area contributed by atoms with Gasteiger partial charge in [0.25, 0.3) is 5.91 Å². The minimum absolute atomic E-state index is 0.0331. The number of aromatic carboxylic acids is 1. The van der Waals surface area contributed by atoms with Crippen LogP contribution in [0, 0.1) is 0 Å². The van der Waals surface area contributed by atoms with Crippen LogP contribution in [0.2, 0.25) is 5.02 Å². The van der Waals surface area contributed by atoms with E-state index in [2.05, 4.69) is 5.32 Å². The van der Waals surface area contributed by atoms with Crippen molar-refractivity contribution in [1.29, 1.82) is 0 Å². The van der Waals surface area contributed by atoms with Crippen molar-refractivity contribution in [1.82, 2.24) is 5.32 Å². The lowest BCUT2D eigenvalue weighted by atomic mass is 10.1. The van der Waals surface area contributed by atoms with Crippen molar-refractivity contribution in [3.8, 4) is 0 Å². The number of hydrogen-bond acceptors (Lipinski definition) is 3. The Labute approximate surface area is 139 Å². The van der Waals surface area contributed by atoms with Crippen molar-refractivity contribution < 1.29 is 19.1 Å². The molecule has 0 unspecified atom stereocenters. The maximum Gasteiger partial charge on any atom is 0.339 e. The van der Waals surface area contributed by atoms with E-state index >= 15 is 0 Å². The molecule has 2 rings (SSSR count). The number of rotatable bonds is 7. The molecule has 0 aliphatic heterocycles. The number of amides is 1.